The van der Waals surface area contributed by atoms with Crippen LogP contribution in [0.25, 0.3) is 5.82 Å². The van der Waals surface area contributed by atoms with E-state index >= 15 is 0 Å². The number of benzene rings is 1. The largest absolute Gasteiger partial charge is 0.368 e. The molecule has 0 aliphatic carbocycles. The predicted molar refractivity (Wildman–Crippen MR) is 110 cm³/mol. The molecule has 3 rings (SSSR count). The summed E-state index contributed by atoms with van der Waals surface area (Å²) in [5, 5.41) is 10.6. The van der Waals surface area contributed by atoms with Crippen molar-refractivity contribution in [1.82, 2.24) is 25.1 Å². The number of anilines is 1. The monoisotopic (exact) mass is 378 g/mol. The molecule has 0 unspecified atom stereocenters. The molecule has 1 amide bonds. The quantitative estimate of drug-likeness (QED) is 0.589. The maximum atomic E-state index is 12.0. The van der Waals surface area contributed by atoms with E-state index in [9.17, 15) is 4.79 Å². The fourth-order valence-corrected chi connectivity index (χ4v) is 3.00. The van der Waals surface area contributed by atoms with E-state index in [0.29, 0.717) is 31.2 Å². The van der Waals surface area contributed by atoms with Crippen LogP contribution in [0.1, 0.15) is 29.2 Å². The molecule has 0 saturated heterocycles. The Morgan fingerprint density at radius 1 is 1.04 bits per heavy atom. The first-order valence-corrected chi connectivity index (χ1v) is 9.45. The molecule has 0 saturated carbocycles. The van der Waals surface area contributed by atoms with Gasteiger partial charge in [-0.25, -0.2) is 14.6 Å². The zero-order chi connectivity index (χ0) is 19.9. The molecule has 0 fully saturated rings. The minimum absolute atomic E-state index is 0.0489. The van der Waals surface area contributed by atoms with Gasteiger partial charge in [0.05, 0.1) is 5.69 Å². The molecule has 28 heavy (non-hydrogen) atoms. The number of hydrogen-bond acceptors (Lipinski definition) is 5. The Morgan fingerprint density at radius 2 is 1.82 bits per heavy atom. The summed E-state index contributed by atoms with van der Waals surface area (Å²) in [5.74, 6) is 2.16. The lowest BCUT2D eigenvalue weighted by atomic mass is 10.1. The first-order valence-electron chi connectivity index (χ1n) is 9.45. The van der Waals surface area contributed by atoms with Crippen molar-refractivity contribution in [2.24, 2.45) is 0 Å². The van der Waals surface area contributed by atoms with Gasteiger partial charge in [0.15, 0.2) is 5.82 Å². The third-order valence-corrected chi connectivity index (χ3v) is 4.29. The lowest BCUT2D eigenvalue weighted by molar-refractivity contribution is -0.120. The predicted octanol–water partition coefficient (Wildman–Crippen LogP) is 2.75. The van der Waals surface area contributed by atoms with E-state index in [-0.39, 0.29) is 5.91 Å². The maximum absolute atomic E-state index is 12.0. The summed E-state index contributed by atoms with van der Waals surface area (Å²) in [5.41, 5.74) is 3.14. The highest BCUT2D eigenvalue weighted by molar-refractivity contribution is 5.76. The summed E-state index contributed by atoms with van der Waals surface area (Å²) in [6.45, 7) is 6.93. The van der Waals surface area contributed by atoms with E-state index in [1.807, 2.05) is 63.2 Å². The van der Waals surface area contributed by atoms with Crippen LogP contribution in [0.4, 0.5) is 5.82 Å². The fourth-order valence-electron chi connectivity index (χ4n) is 3.00. The first-order chi connectivity index (χ1) is 13.5. The Morgan fingerprint density at radius 3 is 2.54 bits per heavy atom. The summed E-state index contributed by atoms with van der Waals surface area (Å²) in [7, 11) is 0. The van der Waals surface area contributed by atoms with Gasteiger partial charge in [0.1, 0.15) is 11.6 Å². The van der Waals surface area contributed by atoms with E-state index < -0.39 is 0 Å². The number of carbonyl (C=O) groups excluding carboxylic acids is 1. The van der Waals surface area contributed by atoms with E-state index in [1.165, 1.54) is 5.56 Å². The molecule has 7 nitrogen and oxygen atoms in total. The van der Waals surface area contributed by atoms with Crippen LogP contribution < -0.4 is 10.6 Å². The van der Waals surface area contributed by atoms with Crippen molar-refractivity contribution in [3.63, 3.8) is 0 Å². The summed E-state index contributed by atoms with van der Waals surface area (Å²) in [4.78, 5) is 20.9. The number of aromatic nitrogens is 4. The highest BCUT2D eigenvalue weighted by atomic mass is 16.1. The second-order valence-corrected chi connectivity index (χ2v) is 6.76. The number of nitrogens with zero attached hydrogens (tertiary/aromatic N) is 4. The van der Waals surface area contributed by atoms with Gasteiger partial charge in [0.25, 0.3) is 0 Å². The van der Waals surface area contributed by atoms with Crippen molar-refractivity contribution in [3.8, 4) is 5.82 Å². The Balaban J connectivity index is 1.48. The number of amides is 1. The first kappa shape index (κ1) is 19.5. The highest BCUT2D eigenvalue weighted by Gasteiger charge is 2.08. The molecular weight excluding hydrogens is 352 g/mol. The molecular formula is C21H26N6O. The molecule has 3 aromatic rings. The van der Waals surface area contributed by atoms with Crippen LogP contribution in [-0.2, 0) is 11.2 Å². The molecule has 0 aliphatic heterocycles. The third-order valence-electron chi connectivity index (χ3n) is 4.29. The molecule has 0 radical (unpaired) electrons. The van der Waals surface area contributed by atoms with Crippen LogP contribution in [0.15, 0.2) is 42.5 Å². The molecule has 2 N–H and O–H groups in total. The molecule has 7 heteroatoms. The number of carbonyl (C=O) groups is 1. The minimum atomic E-state index is 0.0489. The maximum Gasteiger partial charge on any atom is 0.220 e. The van der Waals surface area contributed by atoms with Crippen molar-refractivity contribution in [2.45, 2.75) is 33.6 Å². The van der Waals surface area contributed by atoms with Gasteiger partial charge in [-0.05, 0) is 38.8 Å². The van der Waals surface area contributed by atoms with Crippen LogP contribution in [-0.4, -0.2) is 38.7 Å². The fraction of sp³-hybridized carbons (Fsp3) is 0.333. The van der Waals surface area contributed by atoms with Gasteiger partial charge >= 0.3 is 0 Å². The average Bonchev–Trinajstić information content (AvgIpc) is 3.02. The molecule has 0 aliphatic rings. The van der Waals surface area contributed by atoms with Crippen molar-refractivity contribution in [1.29, 1.82) is 0 Å². The van der Waals surface area contributed by atoms with Gasteiger partial charge in [-0.3, -0.25) is 4.79 Å². The van der Waals surface area contributed by atoms with Crippen molar-refractivity contribution in [2.75, 3.05) is 18.4 Å². The topological polar surface area (TPSA) is 84.7 Å². The van der Waals surface area contributed by atoms with Crippen LogP contribution >= 0.6 is 0 Å². The molecule has 1 aromatic carbocycles. The van der Waals surface area contributed by atoms with E-state index in [4.69, 9.17) is 0 Å². The van der Waals surface area contributed by atoms with Gasteiger partial charge < -0.3 is 10.6 Å². The minimum Gasteiger partial charge on any atom is -0.368 e. The lowest BCUT2D eigenvalue weighted by Gasteiger charge is -2.10. The highest BCUT2D eigenvalue weighted by Crippen LogP contribution is 2.13. The molecule has 2 aromatic heterocycles. The van der Waals surface area contributed by atoms with Crippen molar-refractivity contribution < 1.29 is 4.79 Å². The molecule has 0 spiro atoms. The van der Waals surface area contributed by atoms with Crippen LogP contribution in [0.5, 0.6) is 0 Å². The van der Waals surface area contributed by atoms with Crippen LogP contribution in [0, 0.1) is 20.8 Å². The lowest BCUT2D eigenvalue weighted by Crippen LogP contribution is -2.29. The van der Waals surface area contributed by atoms with Gasteiger partial charge in [0.2, 0.25) is 5.91 Å². The summed E-state index contributed by atoms with van der Waals surface area (Å²) in [6.07, 6.45) is 1.23. The van der Waals surface area contributed by atoms with Crippen molar-refractivity contribution in [3.05, 3.63) is 65.2 Å². The van der Waals surface area contributed by atoms with E-state index in [0.717, 1.165) is 23.6 Å². The Kier molecular flexibility index (Phi) is 6.37. The number of rotatable bonds is 8. The smallest absolute Gasteiger partial charge is 0.220 e. The normalized spacial score (nSPS) is 10.7. The summed E-state index contributed by atoms with van der Waals surface area (Å²) in [6, 6.07) is 13.9. The van der Waals surface area contributed by atoms with Gasteiger partial charge in [-0.1, -0.05) is 30.3 Å². The number of hydrogen-bond donors (Lipinski definition) is 2. The van der Waals surface area contributed by atoms with E-state index in [2.05, 4.69) is 25.7 Å². The van der Waals surface area contributed by atoms with Crippen LogP contribution in [0.2, 0.25) is 0 Å². The van der Waals surface area contributed by atoms with Gasteiger partial charge in [-0.2, -0.15) is 5.10 Å². The standard InChI is InChI=1S/C21H26N6O/c1-15-13-16(2)27(26-15)20-14-19(24-17(3)25-20)22-11-12-23-21(28)10-9-18-7-5-4-6-8-18/h4-8,13-14H,9-12H2,1-3H3,(H,23,28)(H,22,24,25). The Hall–Kier alpha value is -3.22. The SMILES string of the molecule is Cc1cc(C)n(-c2cc(NCCNC(=O)CCc3ccccc3)nc(C)n2)n1. The van der Waals surface area contributed by atoms with E-state index in [1.54, 1.807) is 4.68 Å². The van der Waals surface area contributed by atoms with Crippen molar-refractivity contribution >= 4 is 11.7 Å². The second kappa shape index (κ2) is 9.12. The van der Waals surface area contributed by atoms with Gasteiger partial charge in [-0.15, -0.1) is 0 Å². The molecule has 2 heterocycles. The van der Waals surface area contributed by atoms with Gasteiger partial charge in [0, 0.05) is 31.3 Å². The zero-order valence-corrected chi connectivity index (χ0v) is 16.6. The Labute approximate surface area is 165 Å². The van der Waals surface area contributed by atoms with Crippen LogP contribution in [0.3, 0.4) is 0 Å². The summed E-state index contributed by atoms with van der Waals surface area (Å²) >= 11 is 0. The molecule has 0 bridgehead atoms. The summed E-state index contributed by atoms with van der Waals surface area (Å²) < 4.78 is 1.81. The second-order valence-electron chi connectivity index (χ2n) is 6.76. The number of aryl methyl sites for hydroxylation is 4. The average molecular weight is 378 g/mol. The third kappa shape index (κ3) is 5.39. The number of nitrogens with one attached hydrogen (secondary N) is 2. The Bertz CT molecular complexity index is 935. The zero-order valence-electron chi connectivity index (χ0n) is 16.6. The molecule has 146 valence electrons. The molecule has 0 atom stereocenters.